The first-order valence-electron chi connectivity index (χ1n) is 11.7. The Balaban J connectivity index is 1.40. The van der Waals surface area contributed by atoms with Crippen molar-refractivity contribution in [2.75, 3.05) is 46.4 Å². The Kier molecular flexibility index (Phi) is 7.80. The molecule has 0 aromatic heterocycles. The van der Waals surface area contributed by atoms with Crippen LogP contribution in [-0.2, 0) is 10.0 Å². The van der Waals surface area contributed by atoms with E-state index in [4.69, 9.17) is 4.74 Å². The van der Waals surface area contributed by atoms with Crippen molar-refractivity contribution >= 4 is 15.8 Å². The zero-order valence-electron chi connectivity index (χ0n) is 19.2. The van der Waals surface area contributed by atoms with Crippen LogP contribution in [0, 0.1) is 0 Å². The van der Waals surface area contributed by atoms with Gasteiger partial charge < -0.3 is 10.1 Å². The molecule has 2 aromatic carbocycles. The SMILES string of the molecule is COc1ccc(C(CNCC(=O)c2cccc(S(=O)(=O)N3CCCC3)c2)N2CCCC2)cc1. The summed E-state index contributed by atoms with van der Waals surface area (Å²) >= 11 is 0. The number of carbonyl (C=O) groups is 1. The average molecular weight is 472 g/mol. The van der Waals surface area contributed by atoms with Gasteiger partial charge in [0.15, 0.2) is 5.78 Å². The molecule has 0 bridgehead atoms. The molecule has 2 aliphatic rings. The van der Waals surface area contributed by atoms with E-state index in [2.05, 4.69) is 22.3 Å². The third kappa shape index (κ3) is 5.63. The van der Waals surface area contributed by atoms with E-state index in [0.29, 0.717) is 25.2 Å². The number of Topliss-reactive ketones (excluding diaryl/α,β-unsaturated/α-hetero) is 1. The van der Waals surface area contributed by atoms with Crippen molar-refractivity contribution in [3.63, 3.8) is 0 Å². The van der Waals surface area contributed by atoms with Crippen LogP contribution in [0.4, 0.5) is 0 Å². The summed E-state index contributed by atoms with van der Waals surface area (Å²) in [6, 6.07) is 14.7. The van der Waals surface area contributed by atoms with Crippen molar-refractivity contribution < 1.29 is 17.9 Å². The van der Waals surface area contributed by atoms with Crippen LogP contribution in [0.5, 0.6) is 5.75 Å². The Hall–Kier alpha value is -2.26. The zero-order chi connectivity index (χ0) is 23.3. The van der Waals surface area contributed by atoms with Gasteiger partial charge in [-0.05, 0) is 68.6 Å². The number of hydrogen-bond donors (Lipinski definition) is 1. The molecule has 1 atom stereocenters. The molecule has 0 saturated carbocycles. The van der Waals surface area contributed by atoms with Crippen LogP contribution in [0.25, 0.3) is 0 Å². The average Bonchev–Trinajstić information content (AvgIpc) is 3.57. The maximum absolute atomic E-state index is 12.9. The molecular weight excluding hydrogens is 438 g/mol. The van der Waals surface area contributed by atoms with Gasteiger partial charge in [0, 0.05) is 31.2 Å². The van der Waals surface area contributed by atoms with Crippen LogP contribution >= 0.6 is 0 Å². The molecule has 0 aliphatic carbocycles. The highest BCUT2D eigenvalue weighted by Gasteiger charge is 2.28. The number of nitrogens with one attached hydrogen (secondary N) is 1. The summed E-state index contributed by atoms with van der Waals surface area (Å²) in [5.74, 6) is 0.717. The molecule has 2 fully saturated rings. The van der Waals surface area contributed by atoms with Gasteiger partial charge in [-0.1, -0.05) is 24.3 Å². The second-order valence-electron chi connectivity index (χ2n) is 8.73. The summed E-state index contributed by atoms with van der Waals surface area (Å²) in [5.41, 5.74) is 1.61. The van der Waals surface area contributed by atoms with Crippen molar-refractivity contribution in [1.82, 2.24) is 14.5 Å². The molecular formula is C25H33N3O4S. The van der Waals surface area contributed by atoms with Gasteiger partial charge in [-0.3, -0.25) is 9.69 Å². The van der Waals surface area contributed by atoms with E-state index in [1.54, 1.807) is 25.3 Å². The number of sulfonamides is 1. The van der Waals surface area contributed by atoms with Crippen molar-refractivity contribution in [3.8, 4) is 5.75 Å². The van der Waals surface area contributed by atoms with Crippen molar-refractivity contribution in [2.24, 2.45) is 0 Å². The number of nitrogens with zero attached hydrogens (tertiary/aromatic N) is 2. The molecule has 1 N–H and O–H groups in total. The Morgan fingerprint density at radius 1 is 1.00 bits per heavy atom. The van der Waals surface area contributed by atoms with Gasteiger partial charge in [0.05, 0.1) is 18.6 Å². The molecule has 178 valence electrons. The van der Waals surface area contributed by atoms with Crippen LogP contribution in [0.2, 0.25) is 0 Å². The van der Waals surface area contributed by atoms with Gasteiger partial charge >= 0.3 is 0 Å². The standard InChI is InChI=1S/C25H33N3O4S/c1-32-22-11-9-20(10-12-22)24(27-13-2-3-14-27)18-26-19-25(29)21-7-6-8-23(17-21)33(30,31)28-15-4-5-16-28/h6-12,17,24,26H,2-5,13-16,18-19H2,1H3. The molecule has 2 saturated heterocycles. The third-order valence-corrected chi connectivity index (χ3v) is 8.46. The highest BCUT2D eigenvalue weighted by Crippen LogP contribution is 2.26. The largest absolute Gasteiger partial charge is 0.497 e. The molecule has 2 aromatic rings. The molecule has 8 heteroatoms. The number of likely N-dealkylation sites (tertiary alicyclic amines) is 1. The van der Waals surface area contributed by atoms with Crippen LogP contribution < -0.4 is 10.1 Å². The monoisotopic (exact) mass is 471 g/mol. The fourth-order valence-corrected chi connectivity index (χ4v) is 6.23. The fraction of sp³-hybridized carbons (Fsp3) is 0.480. The van der Waals surface area contributed by atoms with Crippen molar-refractivity contribution in [3.05, 3.63) is 59.7 Å². The van der Waals surface area contributed by atoms with E-state index in [0.717, 1.165) is 31.7 Å². The van der Waals surface area contributed by atoms with Crippen LogP contribution in [0.1, 0.15) is 47.6 Å². The molecule has 2 heterocycles. The lowest BCUT2D eigenvalue weighted by molar-refractivity contribution is 0.0987. The minimum Gasteiger partial charge on any atom is -0.497 e. The lowest BCUT2D eigenvalue weighted by atomic mass is 10.0. The zero-order valence-corrected chi connectivity index (χ0v) is 20.0. The number of rotatable bonds is 10. The van der Waals surface area contributed by atoms with E-state index in [1.165, 1.54) is 28.8 Å². The van der Waals surface area contributed by atoms with E-state index >= 15 is 0 Å². The molecule has 1 unspecified atom stereocenters. The molecule has 2 aliphatic heterocycles. The quantitative estimate of drug-likeness (QED) is 0.537. The Bertz CT molecular complexity index is 1040. The topological polar surface area (TPSA) is 78.9 Å². The number of ether oxygens (including phenoxy) is 1. The molecule has 0 radical (unpaired) electrons. The van der Waals surface area contributed by atoms with Gasteiger partial charge in [0.1, 0.15) is 5.75 Å². The fourth-order valence-electron chi connectivity index (χ4n) is 4.67. The summed E-state index contributed by atoms with van der Waals surface area (Å²) in [4.78, 5) is 15.5. The predicted molar refractivity (Wildman–Crippen MR) is 128 cm³/mol. The molecule has 7 nitrogen and oxygen atoms in total. The highest BCUT2D eigenvalue weighted by molar-refractivity contribution is 7.89. The lowest BCUT2D eigenvalue weighted by Crippen LogP contribution is -2.36. The summed E-state index contributed by atoms with van der Waals surface area (Å²) in [6.45, 7) is 3.99. The minimum atomic E-state index is -3.54. The Labute approximate surface area is 196 Å². The highest BCUT2D eigenvalue weighted by atomic mass is 32.2. The predicted octanol–water partition coefficient (Wildman–Crippen LogP) is 3.09. The van der Waals surface area contributed by atoms with Gasteiger partial charge in [-0.2, -0.15) is 4.31 Å². The van der Waals surface area contributed by atoms with Crippen molar-refractivity contribution in [1.29, 1.82) is 0 Å². The van der Waals surface area contributed by atoms with Gasteiger partial charge in [-0.25, -0.2) is 8.42 Å². The van der Waals surface area contributed by atoms with Crippen molar-refractivity contribution in [2.45, 2.75) is 36.6 Å². The van der Waals surface area contributed by atoms with Crippen LogP contribution in [0.3, 0.4) is 0 Å². The van der Waals surface area contributed by atoms with Crippen LogP contribution in [0.15, 0.2) is 53.4 Å². The van der Waals surface area contributed by atoms with Gasteiger partial charge in [0.2, 0.25) is 10.0 Å². The van der Waals surface area contributed by atoms with Gasteiger partial charge in [-0.15, -0.1) is 0 Å². The van der Waals surface area contributed by atoms with Gasteiger partial charge in [0.25, 0.3) is 0 Å². The van der Waals surface area contributed by atoms with E-state index < -0.39 is 10.0 Å². The Morgan fingerprint density at radius 2 is 1.67 bits per heavy atom. The summed E-state index contributed by atoms with van der Waals surface area (Å²) in [7, 11) is -1.88. The van der Waals surface area contributed by atoms with E-state index in [9.17, 15) is 13.2 Å². The second kappa shape index (κ2) is 10.8. The number of hydrogen-bond acceptors (Lipinski definition) is 6. The summed E-state index contributed by atoms with van der Waals surface area (Å²) in [5, 5.41) is 3.32. The first-order chi connectivity index (χ1) is 16.0. The van der Waals surface area contributed by atoms with E-state index in [1.807, 2.05) is 12.1 Å². The lowest BCUT2D eigenvalue weighted by Gasteiger charge is -2.28. The number of benzene rings is 2. The molecule has 4 rings (SSSR count). The normalized spacial score (nSPS) is 18.5. The number of carbonyl (C=O) groups excluding carboxylic acids is 1. The second-order valence-corrected chi connectivity index (χ2v) is 10.7. The summed E-state index contributed by atoms with van der Waals surface area (Å²) in [6.07, 6.45) is 4.13. The molecule has 0 spiro atoms. The molecule has 0 amide bonds. The maximum Gasteiger partial charge on any atom is 0.243 e. The number of methoxy groups -OCH3 is 1. The van der Waals surface area contributed by atoms with E-state index in [-0.39, 0.29) is 23.3 Å². The smallest absolute Gasteiger partial charge is 0.243 e. The molecule has 33 heavy (non-hydrogen) atoms. The summed E-state index contributed by atoms with van der Waals surface area (Å²) < 4.78 is 32.5. The minimum absolute atomic E-state index is 0.108. The third-order valence-electron chi connectivity index (χ3n) is 6.56. The first-order valence-corrected chi connectivity index (χ1v) is 13.2. The maximum atomic E-state index is 12.9. The Morgan fingerprint density at radius 3 is 2.33 bits per heavy atom. The first kappa shape index (κ1) is 23.9. The van der Waals surface area contributed by atoms with Crippen LogP contribution in [-0.4, -0.2) is 69.8 Å². The number of ketones is 1.